The van der Waals surface area contributed by atoms with Gasteiger partial charge in [-0.15, -0.1) is 0 Å². The zero-order valence-electron chi connectivity index (χ0n) is 12.6. The number of rotatable bonds is 5. The van der Waals surface area contributed by atoms with Gasteiger partial charge in [-0.05, 0) is 19.3 Å². The predicted octanol–water partition coefficient (Wildman–Crippen LogP) is 2.24. The molecule has 1 atom stereocenters. The smallest absolute Gasteiger partial charge is 0.239 e. The summed E-state index contributed by atoms with van der Waals surface area (Å²) in [6.07, 6.45) is 3.11. The quantitative estimate of drug-likeness (QED) is 0.845. The molecule has 1 aromatic rings. The molecule has 1 unspecified atom stereocenters. The van der Waals surface area contributed by atoms with Crippen LogP contribution in [0, 0.1) is 5.92 Å². The van der Waals surface area contributed by atoms with Crippen molar-refractivity contribution >= 4 is 11.7 Å². The largest absolute Gasteiger partial charge is 0.341 e. The molecule has 1 saturated heterocycles. The Morgan fingerprint density at radius 1 is 1.24 bits per heavy atom. The monoisotopic (exact) mass is 288 g/mol. The minimum Gasteiger partial charge on any atom is -0.341 e. The first-order chi connectivity index (χ1) is 10.1. The van der Waals surface area contributed by atoms with Gasteiger partial charge in [0.05, 0.1) is 6.04 Å². The predicted molar refractivity (Wildman–Crippen MR) is 83.0 cm³/mol. The Kier molecular flexibility index (Phi) is 5.51. The van der Waals surface area contributed by atoms with Crippen molar-refractivity contribution in [2.24, 2.45) is 11.7 Å². The number of amides is 1. The van der Waals surface area contributed by atoms with Crippen LogP contribution in [0.3, 0.4) is 0 Å². The summed E-state index contributed by atoms with van der Waals surface area (Å²) in [5.41, 5.74) is 6.65. The zero-order valence-corrected chi connectivity index (χ0v) is 12.6. The summed E-state index contributed by atoms with van der Waals surface area (Å²) in [5.74, 6) is 0.252. The molecule has 1 amide bonds. The van der Waals surface area contributed by atoms with Crippen LogP contribution in [0.2, 0.25) is 0 Å². The van der Waals surface area contributed by atoms with E-state index in [0.29, 0.717) is 13.1 Å². The van der Waals surface area contributed by atoms with E-state index in [9.17, 15) is 9.59 Å². The molecule has 21 heavy (non-hydrogen) atoms. The third kappa shape index (κ3) is 3.91. The second kappa shape index (κ2) is 7.36. The Hall–Kier alpha value is -1.68. The van der Waals surface area contributed by atoms with Crippen LogP contribution in [0.5, 0.6) is 0 Å². The van der Waals surface area contributed by atoms with Gasteiger partial charge in [0.1, 0.15) is 0 Å². The van der Waals surface area contributed by atoms with E-state index in [1.165, 1.54) is 0 Å². The Morgan fingerprint density at radius 3 is 2.43 bits per heavy atom. The molecule has 0 saturated carbocycles. The van der Waals surface area contributed by atoms with Crippen molar-refractivity contribution in [3.8, 4) is 0 Å². The van der Waals surface area contributed by atoms with Gasteiger partial charge in [-0.3, -0.25) is 9.59 Å². The van der Waals surface area contributed by atoms with Crippen molar-refractivity contribution in [3.63, 3.8) is 0 Å². The minimum atomic E-state index is -0.392. The lowest BCUT2D eigenvalue weighted by Gasteiger charge is -2.33. The number of carbonyl (C=O) groups excluding carboxylic acids is 2. The van der Waals surface area contributed by atoms with Gasteiger partial charge in [-0.1, -0.05) is 43.7 Å². The van der Waals surface area contributed by atoms with Crippen molar-refractivity contribution < 1.29 is 9.59 Å². The van der Waals surface area contributed by atoms with Gasteiger partial charge in [0.2, 0.25) is 5.91 Å². The van der Waals surface area contributed by atoms with Gasteiger partial charge in [-0.25, -0.2) is 0 Å². The van der Waals surface area contributed by atoms with E-state index in [1.807, 2.05) is 42.2 Å². The molecule has 4 heteroatoms. The van der Waals surface area contributed by atoms with Gasteiger partial charge < -0.3 is 10.6 Å². The number of nitrogens with two attached hydrogens (primary N) is 1. The summed E-state index contributed by atoms with van der Waals surface area (Å²) in [5, 5.41) is 0. The number of piperidine rings is 1. The summed E-state index contributed by atoms with van der Waals surface area (Å²) < 4.78 is 0. The first-order valence-corrected chi connectivity index (χ1v) is 7.77. The van der Waals surface area contributed by atoms with Crippen LogP contribution in [0.15, 0.2) is 30.3 Å². The van der Waals surface area contributed by atoms with E-state index < -0.39 is 6.04 Å². The first-order valence-electron chi connectivity index (χ1n) is 7.77. The highest BCUT2D eigenvalue weighted by Crippen LogP contribution is 2.22. The highest BCUT2D eigenvalue weighted by molar-refractivity contribution is 5.98. The van der Waals surface area contributed by atoms with Crippen molar-refractivity contribution in [1.29, 1.82) is 0 Å². The molecule has 2 rings (SSSR count). The molecular formula is C17H24N2O2. The molecule has 0 spiro atoms. The molecule has 0 bridgehead atoms. The Labute approximate surface area is 126 Å². The first kappa shape index (κ1) is 15.7. The number of Topliss-reactive ketones (excluding diaryl/α,β-unsaturated/α-hetero) is 1. The Morgan fingerprint density at radius 2 is 1.86 bits per heavy atom. The minimum absolute atomic E-state index is 0.0267. The number of carbonyl (C=O) groups is 2. The van der Waals surface area contributed by atoms with E-state index in [2.05, 4.69) is 0 Å². The molecule has 0 aromatic heterocycles. The van der Waals surface area contributed by atoms with E-state index in [1.54, 1.807) is 0 Å². The van der Waals surface area contributed by atoms with Gasteiger partial charge in [0.15, 0.2) is 5.78 Å². The molecule has 1 heterocycles. The fourth-order valence-corrected chi connectivity index (χ4v) is 2.87. The lowest BCUT2D eigenvalue weighted by molar-refractivity contribution is -0.134. The molecule has 1 aliphatic rings. The molecule has 2 N–H and O–H groups in total. The molecule has 0 aliphatic carbocycles. The fourth-order valence-electron chi connectivity index (χ4n) is 2.87. The lowest BCUT2D eigenvalue weighted by atomic mass is 9.88. The summed E-state index contributed by atoms with van der Waals surface area (Å²) in [6.45, 7) is 3.30. The van der Waals surface area contributed by atoms with Crippen LogP contribution < -0.4 is 5.73 Å². The third-order valence-corrected chi connectivity index (χ3v) is 4.15. The molecular weight excluding hydrogens is 264 g/mol. The molecule has 114 valence electrons. The molecule has 1 aliphatic heterocycles. The average molecular weight is 288 g/mol. The Balaban J connectivity index is 1.89. The van der Waals surface area contributed by atoms with E-state index >= 15 is 0 Å². The summed E-state index contributed by atoms with van der Waals surface area (Å²) in [4.78, 5) is 26.3. The number of benzene rings is 1. The van der Waals surface area contributed by atoms with Crippen LogP contribution in [-0.2, 0) is 4.79 Å². The second-order valence-electron chi connectivity index (χ2n) is 5.73. The van der Waals surface area contributed by atoms with Crippen molar-refractivity contribution in [2.75, 3.05) is 13.1 Å². The summed E-state index contributed by atoms with van der Waals surface area (Å²) in [6, 6.07) is 9.00. The number of ketones is 1. The second-order valence-corrected chi connectivity index (χ2v) is 5.73. The van der Waals surface area contributed by atoms with Crippen molar-refractivity contribution in [2.45, 2.75) is 38.6 Å². The standard InChI is InChI=1S/C17H24N2O2/c1-2-6-15(18)17(21)19-11-9-14(10-12-19)16(20)13-7-4-3-5-8-13/h3-5,7-8,14-15H,2,6,9-12,18H2,1H3. The maximum Gasteiger partial charge on any atom is 0.239 e. The molecule has 4 nitrogen and oxygen atoms in total. The zero-order chi connectivity index (χ0) is 15.2. The van der Waals surface area contributed by atoms with Crippen molar-refractivity contribution in [3.05, 3.63) is 35.9 Å². The van der Waals surface area contributed by atoms with Crippen LogP contribution in [0.4, 0.5) is 0 Å². The van der Waals surface area contributed by atoms with Gasteiger partial charge in [0, 0.05) is 24.6 Å². The van der Waals surface area contributed by atoms with Gasteiger partial charge in [0.25, 0.3) is 0 Å². The number of likely N-dealkylation sites (tertiary alicyclic amines) is 1. The summed E-state index contributed by atoms with van der Waals surface area (Å²) >= 11 is 0. The SMILES string of the molecule is CCCC(N)C(=O)N1CCC(C(=O)c2ccccc2)CC1. The van der Waals surface area contributed by atoms with Gasteiger partial charge in [-0.2, -0.15) is 0 Å². The number of hydrogen-bond acceptors (Lipinski definition) is 3. The normalized spacial score (nSPS) is 17.5. The van der Waals surface area contributed by atoms with E-state index in [-0.39, 0.29) is 17.6 Å². The van der Waals surface area contributed by atoms with Crippen LogP contribution in [-0.4, -0.2) is 35.7 Å². The molecule has 0 radical (unpaired) electrons. The molecule has 1 aromatic carbocycles. The number of nitrogens with zero attached hydrogens (tertiary/aromatic N) is 1. The highest BCUT2D eigenvalue weighted by Gasteiger charge is 2.29. The third-order valence-electron chi connectivity index (χ3n) is 4.15. The van der Waals surface area contributed by atoms with Crippen molar-refractivity contribution in [1.82, 2.24) is 4.90 Å². The van der Waals surface area contributed by atoms with E-state index in [4.69, 9.17) is 5.73 Å². The van der Waals surface area contributed by atoms with Crippen LogP contribution in [0.1, 0.15) is 43.0 Å². The lowest BCUT2D eigenvalue weighted by Crippen LogP contribution is -2.47. The maximum absolute atomic E-state index is 12.4. The van der Waals surface area contributed by atoms with Gasteiger partial charge >= 0.3 is 0 Å². The molecule has 1 fully saturated rings. The fraction of sp³-hybridized carbons (Fsp3) is 0.529. The Bertz CT molecular complexity index is 479. The van der Waals surface area contributed by atoms with Crippen LogP contribution in [0.25, 0.3) is 0 Å². The number of hydrogen-bond donors (Lipinski definition) is 1. The van der Waals surface area contributed by atoms with E-state index in [0.717, 1.165) is 31.2 Å². The summed E-state index contributed by atoms with van der Waals surface area (Å²) in [7, 11) is 0. The average Bonchev–Trinajstić information content (AvgIpc) is 2.54. The maximum atomic E-state index is 12.4. The topological polar surface area (TPSA) is 63.4 Å². The van der Waals surface area contributed by atoms with Crippen LogP contribution >= 0.6 is 0 Å². The highest BCUT2D eigenvalue weighted by atomic mass is 16.2.